The lowest BCUT2D eigenvalue weighted by Gasteiger charge is -2.32. The van der Waals surface area contributed by atoms with Crippen LogP contribution < -0.4 is 0 Å². The van der Waals surface area contributed by atoms with Gasteiger partial charge < -0.3 is 9.47 Å². The van der Waals surface area contributed by atoms with Crippen molar-refractivity contribution < 1.29 is 9.18 Å². The van der Waals surface area contributed by atoms with Crippen LogP contribution in [-0.4, -0.2) is 39.6 Å². The van der Waals surface area contributed by atoms with Crippen LogP contribution in [0.2, 0.25) is 0 Å². The van der Waals surface area contributed by atoms with Crippen molar-refractivity contribution >= 4 is 34.7 Å². The molecule has 5 heteroatoms. The molecule has 1 saturated heterocycles. The van der Waals surface area contributed by atoms with Crippen molar-refractivity contribution in [3.05, 3.63) is 136 Å². The summed E-state index contributed by atoms with van der Waals surface area (Å²) in [5, 5.41) is 0. The van der Waals surface area contributed by atoms with Crippen LogP contribution in [0.5, 0.6) is 0 Å². The Kier molecular flexibility index (Phi) is 7.49. The standard InChI is InChI=1S/C39H36FN3O/c1-3-27-7-6-8-30(22-27)34-15-11-26(2)21-32-24-31(13-16-35(32)34)39(44)42-19-17-29(18-20-42)38-41-36-9-4-5-10-37(36)43(38)25-28-12-14-33(40)23-28/h3-10,13-16,21-22,24,29,33H,1,11,17-20,23,25H2,2H3. The van der Waals surface area contributed by atoms with E-state index in [0.717, 1.165) is 69.5 Å². The zero-order chi connectivity index (χ0) is 30.2. The van der Waals surface area contributed by atoms with Crippen LogP contribution in [0.25, 0.3) is 28.8 Å². The van der Waals surface area contributed by atoms with Crippen molar-refractivity contribution in [3.8, 4) is 0 Å². The summed E-state index contributed by atoms with van der Waals surface area (Å²) in [6.07, 6.45) is 9.89. The van der Waals surface area contributed by atoms with Crippen LogP contribution in [0.4, 0.5) is 4.39 Å². The fourth-order valence-electron chi connectivity index (χ4n) is 6.82. The first-order valence-corrected chi connectivity index (χ1v) is 15.5. The van der Waals surface area contributed by atoms with Crippen molar-refractivity contribution in [1.29, 1.82) is 0 Å². The predicted molar refractivity (Wildman–Crippen MR) is 177 cm³/mol. The van der Waals surface area contributed by atoms with Gasteiger partial charge in [-0.1, -0.05) is 66.8 Å². The van der Waals surface area contributed by atoms with Crippen LogP contribution in [0, 0.1) is 0 Å². The summed E-state index contributed by atoms with van der Waals surface area (Å²) in [6, 6.07) is 22.7. The first-order chi connectivity index (χ1) is 21.5. The molecule has 1 amide bonds. The molecule has 2 heterocycles. The first-order valence-electron chi connectivity index (χ1n) is 15.5. The number of hydrogen-bond acceptors (Lipinski definition) is 2. The molecule has 4 nitrogen and oxygen atoms in total. The highest BCUT2D eigenvalue weighted by Crippen LogP contribution is 2.35. The number of carbonyl (C=O) groups is 1. The summed E-state index contributed by atoms with van der Waals surface area (Å²) < 4.78 is 16.1. The maximum absolute atomic E-state index is 13.9. The average Bonchev–Trinajstić information content (AvgIpc) is 3.59. The number of aromatic nitrogens is 2. The second-order valence-electron chi connectivity index (χ2n) is 12.2. The highest BCUT2D eigenvalue weighted by Gasteiger charge is 2.29. The van der Waals surface area contributed by atoms with Crippen LogP contribution in [0.15, 0.2) is 102 Å². The Morgan fingerprint density at radius 3 is 2.73 bits per heavy atom. The number of para-hydroxylation sites is 2. The Morgan fingerprint density at radius 1 is 1.09 bits per heavy atom. The number of rotatable bonds is 6. The normalized spacial score (nSPS) is 18.5. The van der Waals surface area contributed by atoms with Gasteiger partial charge >= 0.3 is 0 Å². The van der Waals surface area contributed by atoms with E-state index in [2.05, 4.69) is 78.4 Å². The van der Waals surface area contributed by atoms with Gasteiger partial charge in [-0.3, -0.25) is 4.79 Å². The van der Waals surface area contributed by atoms with Gasteiger partial charge in [-0.05, 0) is 96.0 Å². The average molecular weight is 582 g/mol. The molecular formula is C39H36FN3O. The highest BCUT2D eigenvalue weighted by atomic mass is 19.1. The van der Waals surface area contributed by atoms with E-state index in [-0.39, 0.29) is 11.8 Å². The van der Waals surface area contributed by atoms with E-state index in [1.807, 2.05) is 35.2 Å². The number of allylic oxidation sites excluding steroid dienone is 3. The molecule has 4 aromatic rings. The topological polar surface area (TPSA) is 38.1 Å². The molecule has 44 heavy (non-hydrogen) atoms. The molecule has 3 aliphatic rings. The number of piperidine rings is 1. The minimum Gasteiger partial charge on any atom is -0.339 e. The van der Waals surface area contributed by atoms with Gasteiger partial charge in [0.15, 0.2) is 0 Å². The number of fused-ring (bicyclic) bond motifs is 2. The number of amides is 1. The van der Waals surface area contributed by atoms with E-state index in [0.29, 0.717) is 26.1 Å². The maximum atomic E-state index is 13.9. The molecule has 0 radical (unpaired) electrons. The Morgan fingerprint density at radius 2 is 1.93 bits per heavy atom. The smallest absolute Gasteiger partial charge is 0.253 e. The van der Waals surface area contributed by atoms with E-state index in [9.17, 15) is 9.18 Å². The maximum Gasteiger partial charge on any atom is 0.253 e. The van der Waals surface area contributed by atoms with E-state index in [4.69, 9.17) is 4.98 Å². The van der Waals surface area contributed by atoms with Crippen LogP contribution in [0.3, 0.4) is 0 Å². The largest absolute Gasteiger partial charge is 0.339 e. The van der Waals surface area contributed by atoms with E-state index in [1.165, 1.54) is 17.2 Å². The molecule has 0 bridgehead atoms. The minimum absolute atomic E-state index is 0.0736. The lowest BCUT2D eigenvalue weighted by atomic mass is 9.91. The second kappa shape index (κ2) is 11.7. The number of benzene rings is 3. The molecule has 220 valence electrons. The van der Waals surface area contributed by atoms with Gasteiger partial charge in [-0.2, -0.15) is 0 Å². The van der Waals surface area contributed by atoms with Gasteiger partial charge in [0.25, 0.3) is 5.91 Å². The van der Waals surface area contributed by atoms with Crippen molar-refractivity contribution in [2.24, 2.45) is 0 Å². The molecule has 1 fully saturated rings. The molecule has 3 aromatic carbocycles. The van der Waals surface area contributed by atoms with Gasteiger partial charge in [0.2, 0.25) is 0 Å². The third-order valence-electron chi connectivity index (χ3n) is 9.14. The number of imidazole rings is 1. The third-order valence-corrected chi connectivity index (χ3v) is 9.14. The number of nitrogens with zero attached hydrogens (tertiary/aromatic N) is 3. The molecule has 0 saturated carbocycles. The summed E-state index contributed by atoms with van der Waals surface area (Å²) >= 11 is 0. The van der Waals surface area contributed by atoms with E-state index < -0.39 is 6.17 Å². The molecule has 2 aliphatic carbocycles. The molecule has 1 atom stereocenters. The third kappa shape index (κ3) is 5.40. The monoisotopic (exact) mass is 581 g/mol. The molecule has 0 spiro atoms. The van der Waals surface area contributed by atoms with Crippen molar-refractivity contribution in [1.82, 2.24) is 14.5 Å². The zero-order valence-corrected chi connectivity index (χ0v) is 25.1. The minimum atomic E-state index is -0.948. The fraction of sp³-hybridized carbons (Fsp3) is 0.256. The van der Waals surface area contributed by atoms with Gasteiger partial charge in [-0.15, -0.1) is 5.73 Å². The van der Waals surface area contributed by atoms with Gasteiger partial charge in [0, 0.05) is 31.0 Å². The van der Waals surface area contributed by atoms with Crippen molar-refractivity contribution in [2.75, 3.05) is 13.1 Å². The fourth-order valence-corrected chi connectivity index (χ4v) is 6.82. The SMILES string of the molecule is C=Cc1cccc(C2=CCC(C)=Cc3cc(C(=O)N4CCC(c5nc6ccccc6n5CC5=C=CC(F)C5)CC4)ccc32)c1. The molecule has 0 N–H and O–H groups in total. The van der Waals surface area contributed by atoms with E-state index >= 15 is 0 Å². The summed E-state index contributed by atoms with van der Waals surface area (Å²) in [5.74, 6) is 1.33. The molecular weight excluding hydrogens is 545 g/mol. The summed E-state index contributed by atoms with van der Waals surface area (Å²) in [6.45, 7) is 8.02. The van der Waals surface area contributed by atoms with Crippen molar-refractivity contribution in [3.63, 3.8) is 0 Å². The number of carbonyl (C=O) groups excluding carboxylic acids is 1. The summed E-state index contributed by atoms with van der Waals surface area (Å²) in [5.41, 5.74) is 13.8. The van der Waals surface area contributed by atoms with Crippen LogP contribution in [-0.2, 0) is 6.54 Å². The summed E-state index contributed by atoms with van der Waals surface area (Å²) in [7, 11) is 0. The Balaban J connectivity index is 1.11. The molecule has 7 rings (SSSR count). The lowest BCUT2D eigenvalue weighted by Crippen LogP contribution is -2.38. The molecule has 1 unspecified atom stereocenters. The number of hydrogen-bond donors (Lipinski definition) is 0. The highest BCUT2D eigenvalue weighted by molar-refractivity contribution is 5.97. The molecule has 1 aromatic heterocycles. The Hall–Kier alpha value is -4.73. The zero-order valence-electron chi connectivity index (χ0n) is 25.1. The number of likely N-dealkylation sites (tertiary alicyclic amines) is 1. The lowest BCUT2D eigenvalue weighted by molar-refractivity contribution is 0.0710. The van der Waals surface area contributed by atoms with Gasteiger partial charge in [0.1, 0.15) is 12.0 Å². The second-order valence-corrected chi connectivity index (χ2v) is 12.2. The first kappa shape index (κ1) is 28.1. The number of halogens is 1. The van der Waals surface area contributed by atoms with Gasteiger partial charge in [0.05, 0.1) is 17.6 Å². The quantitative estimate of drug-likeness (QED) is 0.214. The Bertz CT molecular complexity index is 1910. The number of alkyl halides is 1. The van der Waals surface area contributed by atoms with E-state index in [1.54, 1.807) is 0 Å². The van der Waals surface area contributed by atoms with Crippen LogP contribution >= 0.6 is 0 Å². The predicted octanol–water partition coefficient (Wildman–Crippen LogP) is 8.76. The molecule has 1 aliphatic heterocycles. The Labute approximate surface area is 258 Å². The van der Waals surface area contributed by atoms with Crippen LogP contribution in [0.1, 0.15) is 77.0 Å². The van der Waals surface area contributed by atoms with Gasteiger partial charge in [-0.25, -0.2) is 9.37 Å². The van der Waals surface area contributed by atoms with Crippen molar-refractivity contribution in [2.45, 2.75) is 51.2 Å². The summed E-state index contributed by atoms with van der Waals surface area (Å²) in [4.78, 5) is 20.8.